The van der Waals surface area contributed by atoms with Gasteiger partial charge in [0.2, 0.25) is 0 Å². The van der Waals surface area contributed by atoms with Gasteiger partial charge in [0.25, 0.3) is 5.69 Å². The summed E-state index contributed by atoms with van der Waals surface area (Å²) in [6, 6.07) is 5.67. The lowest BCUT2D eigenvalue weighted by Crippen LogP contribution is -2.33. The molecule has 31 heavy (non-hydrogen) atoms. The molecule has 10 nitrogen and oxygen atoms in total. The summed E-state index contributed by atoms with van der Waals surface area (Å²) in [5.74, 6) is -2.45. The van der Waals surface area contributed by atoms with E-state index < -0.39 is 22.8 Å². The van der Waals surface area contributed by atoms with E-state index in [0.29, 0.717) is 16.3 Å². The van der Waals surface area contributed by atoms with Crippen LogP contribution < -0.4 is 11.1 Å². The number of non-ortho nitro benzene ring substituents is 1. The number of nitrogens with one attached hydrogen (secondary N) is 1. The van der Waals surface area contributed by atoms with Crippen LogP contribution in [-0.4, -0.2) is 42.8 Å². The van der Waals surface area contributed by atoms with Crippen LogP contribution in [0.4, 0.5) is 5.69 Å². The summed E-state index contributed by atoms with van der Waals surface area (Å²) in [5, 5.41) is 14.8. The summed E-state index contributed by atoms with van der Waals surface area (Å²) in [7, 11) is 2.70. The molecule has 1 aromatic carbocycles. The number of thioether (sulfide) groups is 1. The number of hydrogen-bond donors (Lipinski definition) is 2. The normalized spacial score (nSPS) is 16.5. The molecule has 0 amide bonds. The topological polar surface area (TPSA) is 146 Å². The second kappa shape index (κ2) is 10.4. The summed E-state index contributed by atoms with van der Waals surface area (Å²) in [4.78, 5) is 40.3. The van der Waals surface area contributed by atoms with Crippen LogP contribution >= 0.6 is 11.8 Å². The van der Waals surface area contributed by atoms with Crippen LogP contribution in [0.15, 0.2) is 63.8 Å². The average molecular weight is 446 g/mol. The van der Waals surface area contributed by atoms with Crippen LogP contribution in [0, 0.1) is 10.1 Å². The van der Waals surface area contributed by atoms with Gasteiger partial charge in [-0.05, 0) is 24.2 Å². The molecule has 0 bridgehead atoms. The molecule has 1 atom stereocenters. The summed E-state index contributed by atoms with van der Waals surface area (Å²) >= 11 is 0.974. The van der Waals surface area contributed by atoms with E-state index >= 15 is 0 Å². The van der Waals surface area contributed by atoms with Gasteiger partial charge in [-0.15, -0.1) is 0 Å². The Morgan fingerprint density at radius 2 is 2.10 bits per heavy atom. The molecule has 0 saturated heterocycles. The quantitative estimate of drug-likeness (QED) is 0.161. The SMILES string of the molecule is C=CCOC(=O)C1=C(SC(N)=NC)NC(C)=C(C(=O)OC)C1c1cccc([N+](=O)[O-])c1. The Labute approximate surface area is 183 Å². The third kappa shape index (κ3) is 5.31. The van der Waals surface area contributed by atoms with Crippen LogP contribution in [-0.2, 0) is 19.1 Å². The minimum atomic E-state index is -1.00. The molecule has 1 unspecified atom stereocenters. The molecular weight excluding hydrogens is 424 g/mol. The van der Waals surface area contributed by atoms with Crippen LogP contribution in [0.5, 0.6) is 0 Å². The first-order valence-corrected chi connectivity index (χ1v) is 9.79. The highest BCUT2D eigenvalue weighted by molar-refractivity contribution is 8.17. The average Bonchev–Trinajstić information content (AvgIpc) is 2.76. The van der Waals surface area contributed by atoms with Gasteiger partial charge in [0, 0.05) is 24.9 Å². The van der Waals surface area contributed by atoms with E-state index in [4.69, 9.17) is 15.2 Å². The maximum absolute atomic E-state index is 13.0. The third-order valence-corrected chi connectivity index (χ3v) is 5.24. The Morgan fingerprint density at radius 1 is 1.39 bits per heavy atom. The van der Waals surface area contributed by atoms with Crippen molar-refractivity contribution in [3.8, 4) is 0 Å². The van der Waals surface area contributed by atoms with Gasteiger partial charge in [0.05, 0.1) is 34.1 Å². The monoisotopic (exact) mass is 446 g/mol. The maximum atomic E-state index is 13.0. The fourth-order valence-corrected chi connectivity index (χ4v) is 3.80. The number of allylic oxidation sites excluding steroid dienone is 1. The molecule has 1 aliphatic rings. The van der Waals surface area contributed by atoms with Crippen molar-refractivity contribution in [1.82, 2.24) is 5.32 Å². The van der Waals surface area contributed by atoms with Crippen LogP contribution in [0.25, 0.3) is 0 Å². The molecule has 0 spiro atoms. The van der Waals surface area contributed by atoms with E-state index in [2.05, 4.69) is 16.9 Å². The maximum Gasteiger partial charge on any atom is 0.337 e. The Bertz CT molecular complexity index is 1010. The fourth-order valence-electron chi connectivity index (χ4n) is 2.98. The number of methoxy groups -OCH3 is 1. The van der Waals surface area contributed by atoms with Crippen LogP contribution in [0.2, 0.25) is 0 Å². The Balaban J connectivity index is 2.79. The molecule has 0 aromatic heterocycles. The highest BCUT2D eigenvalue weighted by atomic mass is 32.2. The van der Waals surface area contributed by atoms with E-state index in [0.717, 1.165) is 11.8 Å². The molecule has 3 N–H and O–H groups in total. The van der Waals surface area contributed by atoms with E-state index in [1.54, 1.807) is 13.0 Å². The fraction of sp³-hybridized carbons (Fsp3) is 0.250. The van der Waals surface area contributed by atoms with Gasteiger partial charge in [-0.25, -0.2) is 9.59 Å². The predicted octanol–water partition coefficient (Wildman–Crippen LogP) is 2.35. The zero-order chi connectivity index (χ0) is 23.1. The van der Waals surface area contributed by atoms with Gasteiger partial charge in [-0.1, -0.05) is 24.8 Å². The zero-order valence-corrected chi connectivity index (χ0v) is 18.0. The number of nitro groups is 1. The minimum Gasteiger partial charge on any atom is -0.466 e. The third-order valence-electron chi connectivity index (χ3n) is 4.33. The number of ether oxygens (including phenoxy) is 2. The van der Waals surface area contributed by atoms with E-state index in [-0.39, 0.29) is 28.6 Å². The van der Waals surface area contributed by atoms with E-state index in [1.807, 2.05) is 0 Å². The lowest BCUT2D eigenvalue weighted by Gasteiger charge is -2.30. The molecule has 2 rings (SSSR count). The molecular formula is C20H22N4O6S. The number of carbonyl (C=O) groups excluding carboxylic acids is 2. The molecule has 0 saturated carbocycles. The first kappa shape index (κ1) is 23.7. The molecule has 164 valence electrons. The van der Waals surface area contributed by atoms with Crippen molar-refractivity contribution in [2.45, 2.75) is 12.8 Å². The second-order valence-corrected chi connectivity index (χ2v) is 7.26. The number of esters is 2. The standard InChI is InChI=1S/C20H22N4O6S/c1-5-9-30-19(26)16-15(12-7-6-8-13(10-12)24(27)28)14(18(25)29-4)11(2)23-17(16)31-20(21)22-3/h5-8,10,15,23H,1,9H2,2-4H3,(H2,21,22). The van der Waals surface area contributed by atoms with Crippen molar-refractivity contribution in [2.24, 2.45) is 10.7 Å². The number of aliphatic imine (C=N–C) groups is 1. The molecule has 0 aliphatic carbocycles. The van der Waals surface area contributed by atoms with Crippen molar-refractivity contribution >= 4 is 34.6 Å². The number of dihydropyridines is 1. The first-order chi connectivity index (χ1) is 14.7. The van der Waals surface area contributed by atoms with Crippen molar-refractivity contribution < 1.29 is 24.0 Å². The Kier molecular flexibility index (Phi) is 7.97. The molecule has 1 heterocycles. The van der Waals surface area contributed by atoms with Gasteiger partial charge in [-0.2, -0.15) is 0 Å². The summed E-state index contributed by atoms with van der Waals surface area (Å²) in [5.41, 5.74) is 6.56. The van der Waals surface area contributed by atoms with E-state index in [1.165, 1.54) is 38.4 Å². The first-order valence-electron chi connectivity index (χ1n) is 8.97. The highest BCUT2D eigenvalue weighted by Gasteiger charge is 2.39. The number of nitrogens with two attached hydrogens (primary N) is 1. The van der Waals surface area contributed by atoms with Crippen molar-refractivity contribution in [3.05, 3.63) is 74.5 Å². The van der Waals surface area contributed by atoms with Crippen molar-refractivity contribution in [2.75, 3.05) is 20.8 Å². The highest BCUT2D eigenvalue weighted by Crippen LogP contribution is 2.42. The van der Waals surface area contributed by atoms with Gasteiger partial charge in [0.15, 0.2) is 5.17 Å². The van der Waals surface area contributed by atoms with Gasteiger partial charge >= 0.3 is 11.9 Å². The van der Waals surface area contributed by atoms with Gasteiger partial charge < -0.3 is 20.5 Å². The molecule has 0 radical (unpaired) electrons. The largest absolute Gasteiger partial charge is 0.466 e. The van der Waals surface area contributed by atoms with Crippen LogP contribution in [0.1, 0.15) is 18.4 Å². The van der Waals surface area contributed by atoms with Crippen LogP contribution in [0.3, 0.4) is 0 Å². The number of amidine groups is 1. The van der Waals surface area contributed by atoms with Gasteiger partial charge in [0.1, 0.15) is 6.61 Å². The number of carbonyl (C=O) groups is 2. The number of rotatable bonds is 7. The van der Waals surface area contributed by atoms with Crippen molar-refractivity contribution in [3.63, 3.8) is 0 Å². The smallest absolute Gasteiger partial charge is 0.337 e. The number of benzene rings is 1. The summed E-state index contributed by atoms with van der Waals surface area (Å²) in [6.45, 7) is 5.08. The molecule has 1 aromatic rings. The number of hydrogen-bond acceptors (Lipinski definition) is 9. The predicted molar refractivity (Wildman–Crippen MR) is 117 cm³/mol. The summed E-state index contributed by atoms with van der Waals surface area (Å²) < 4.78 is 10.2. The Morgan fingerprint density at radius 3 is 2.68 bits per heavy atom. The lowest BCUT2D eigenvalue weighted by atomic mass is 9.82. The van der Waals surface area contributed by atoms with E-state index in [9.17, 15) is 19.7 Å². The zero-order valence-electron chi connectivity index (χ0n) is 17.2. The lowest BCUT2D eigenvalue weighted by molar-refractivity contribution is -0.384. The minimum absolute atomic E-state index is 0.0462. The van der Waals surface area contributed by atoms with Crippen molar-refractivity contribution in [1.29, 1.82) is 0 Å². The number of nitrogens with zero attached hydrogens (tertiary/aromatic N) is 2. The van der Waals surface area contributed by atoms with Gasteiger partial charge in [-0.3, -0.25) is 15.1 Å². The second-order valence-electron chi connectivity index (χ2n) is 6.23. The Hall–Kier alpha value is -3.60. The summed E-state index contributed by atoms with van der Waals surface area (Å²) in [6.07, 6.45) is 1.40. The molecule has 11 heteroatoms. The molecule has 0 fully saturated rings. The number of nitro benzene ring substituents is 1. The molecule has 1 aliphatic heterocycles.